The van der Waals surface area contributed by atoms with Crippen molar-refractivity contribution >= 4 is 16.5 Å². The molecule has 1 aromatic heterocycles. The number of anilines is 1. The van der Waals surface area contributed by atoms with Gasteiger partial charge >= 0.3 is 0 Å². The van der Waals surface area contributed by atoms with E-state index in [1.54, 1.807) is 0 Å². The van der Waals surface area contributed by atoms with Crippen LogP contribution < -0.4 is 10.2 Å². The molecule has 1 unspecified atom stereocenters. The van der Waals surface area contributed by atoms with Gasteiger partial charge in [-0.15, -0.1) is 0 Å². The fourth-order valence-corrected chi connectivity index (χ4v) is 3.69. The molecule has 0 radical (unpaired) electrons. The molecule has 0 fully saturated rings. The summed E-state index contributed by atoms with van der Waals surface area (Å²) < 4.78 is 0. The van der Waals surface area contributed by atoms with Crippen molar-refractivity contribution in [3.8, 4) is 0 Å². The highest BCUT2D eigenvalue weighted by Gasteiger charge is 2.24. The van der Waals surface area contributed by atoms with Crippen LogP contribution in [0.2, 0.25) is 0 Å². The summed E-state index contributed by atoms with van der Waals surface area (Å²) in [6, 6.07) is 0.533. The van der Waals surface area contributed by atoms with E-state index < -0.39 is 0 Å². The van der Waals surface area contributed by atoms with Crippen LogP contribution >= 0.6 is 11.3 Å². The van der Waals surface area contributed by atoms with Crippen molar-refractivity contribution in [1.82, 2.24) is 10.3 Å². The van der Waals surface area contributed by atoms with Crippen molar-refractivity contribution in [1.29, 1.82) is 0 Å². The summed E-state index contributed by atoms with van der Waals surface area (Å²) in [6.07, 6.45) is 3.68. The van der Waals surface area contributed by atoms with Crippen LogP contribution in [0.15, 0.2) is 0 Å². The van der Waals surface area contributed by atoms with Gasteiger partial charge < -0.3 is 10.2 Å². The molecule has 0 saturated heterocycles. The Kier molecular flexibility index (Phi) is 3.82. The molecule has 1 N–H and O–H groups in total. The summed E-state index contributed by atoms with van der Waals surface area (Å²) in [6.45, 7) is 6.49. The maximum absolute atomic E-state index is 4.80. The van der Waals surface area contributed by atoms with Gasteiger partial charge in [0.25, 0.3) is 0 Å². The molecule has 1 aliphatic rings. The summed E-state index contributed by atoms with van der Waals surface area (Å²) in [7, 11) is 2.05. The van der Waals surface area contributed by atoms with Crippen LogP contribution in [0.5, 0.6) is 0 Å². The maximum Gasteiger partial charge on any atom is 0.185 e. The van der Waals surface area contributed by atoms with Crippen LogP contribution in [-0.4, -0.2) is 25.1 Å². The van der Waals surface area contributed by atoms with Crippen LogP contribution in [0, 0.1) is 0 Å². The number of nitrogens with one attached hydrogen (secondary N) is 1. The van der Waals surface area contributed by atoms with E-state index >= 15 is 0 Å². The minimum Gasteiger partial charge on any atom is -0.349 e. The lowest BCUT2D eigenvalue weighted by molar-refractivity contribution is 0.501. The molecule has 90 valence electrons. The van der Waals surface area contributed by atoms with E-state index in [2.05, 4.69) is 31.1 Å². The summed E-state index contributed by atoms with van der Waals surface area (Å²) in [4.78, 5) is 8.61. The van der Waals surface area contributed by atoms with Crippen LogP contribution in [0.25, 0.3) is 0 Å². The van der Waals surface area contributed by atoms with Gasteiger partial charge in [-0.2, -0.15) is 0 Å². The Morgan fingerprint density at radius 2 is 2.19 bits per heavy atom. The summed E-state index contributed by atoms with van der Waals surface area (Å²) >= 11 is 1.88. The third-order valence-electron chi connectivity index (χ3n) is 3.32. The molecule has 1 aliphatic carbocycles. The van der Waals surface area contributed by atoms with Gasteiger partial charge in [-0.25, -0.2) is 4.98 Å². The smallest absolute Gasteiger partial charge is 0.185 e. The molecule has 2 rings (SSSR count). The molecule has 1 heterocycles. The Hall–Kier alpha value is -0.610. The Labute approximate surface area is 102 Å². The molecule has 0 aliphatic heterocycles. The minimum absolute atomic E-state index is 0.533. The average Bonchev–Trinajstić information content (AvgIpc) is 2.73. The first-order valence-corrected chi connectivity index (χ1v) is 7.03. The summed E-state index contributed by atoms with van der Waals surface area (Å²) in [5.41, 5.74) is 1.33. The zero-order valence-corrected chi connectivity index (χ0v) is 11.2. The van der Waals surface area contributed by atoms with Gasteiger partial charge in [-0.1, -0.05) is 11.3 Å². The van der Waals surface area contributed by atoms with Crippen LogP contribution in [-0.2, 0) is 6.42 Å². The standard InChI is InChI=1S/C12H21N3S/c1-4-15(5-2)12-14-10-8-6-7-9(13-3)11(10)16-12/h9,13H,4-8H2,1-3H3. The third-order valence-corrected chi connectivity index (χ3v) is 4.59. The number of hydrogen-bond donors (Lipinski definition) is 1. The number of aromatic nitrogens is 1. The molecular weight excluding hydrogens is 218 g/mol. The molecule has 0 bridgehead atoms. The molecular formula is C12H21N3S. The number of rotatable bonds is 4. The molecule has 3 nitrogen and oxygen atoms in total. The lowest BCUT2D eigenvalue weighted by Crippen LogP contribution is -2.21. The fourth-order valence-electron chi connectivity index (χ4n) is 2.31. The van der Waals surface area contributed by atoms with E-state index in [-0.39, 0.29) is 0 Å². The lowest BCUT2D eigenvalue weighted by atomic mass is 9.98. The molecule has 1 aromatic rings. The highest BCUT2D eigenvalue weighted by Crippen LogP contribution is 2.37. The van der Waals surface area contributed by atoms with Crippen molar-refractivity contribution in [3.05, 3.63) is 10.6 Å². The molecule has 4 heteroatoms. The van der Waals surface area contributed by atoms with Gasteiger partial charge in [0, 0.05) is 24.0 Å². The van der Waals surface area contributed by atoms with E-state index in [0.29, 0.717) is 6.04 Å². The first-order chi connectivity index (χ1) is 7.80. The van der Waals surface area contributed by atoms with Gasteiger partial charge in [0.1, 0.15) is 0 Å². The lowest BCUT2D eigenvalue weighted by Gasteiger charge is -2.20. The second-order valence-electron chi connectivity index (χ2n) is 4.21. The van der Waals surface area contributed by atoms with E-state index in [4.69, 9.17) is 4.98 Å². The van der Waals surface area contributed by atoms with Crippen LogP contribution in [0.1, 0.15) is 43.3 Å². The highest BCUT2D eigenvalue weighted by molar-refractivity contribution is 7.15. The SMILES string of the molecule is CCN(CC)c1nc2c(s1)C(NC)CCC2. The number of nitrogens with zero attached hydrogens (tertiary/aromatic N) is 2. The van der Waals surface area contributed by atoms with Crippen molar-refractivity contribution in [2.75, 3.05) is 25.0 Å². The first-order valence-electron chi connectivity index (χ1n) is 6.21. The van der Waals surface area contributed by atoms with Crippen LogP contribution in [0.4, 0.5) is 5.13 Å². The maximum atomic E-state index is 4.80. The minimum atomic E-state index is 0.533. The quantitative estimate of drug-likeness (QED) is 0.875. The molecule has 0 saturated carbocycles. The van der Waals surface area contributed by atoms with Gasteiger partial charge in [-0.3, -0.25) is 0 Å². The van der Waals surface area contributed by atoms with Gasteiger partial charge in [0.15, 0.2) is 5.13 Å². The number of fused-ring (bicyclic) bond motifs is 1. The van der Waals surface area contributed by atoms with Gasteiger partial charge in [0.2, 0.25) is 0 Å². The van der Waals surface area contributed by atoms with Gasteiger partial charge in [-0.05, 0) is 40.2 Å². The Morgan fingerprint density at radius 3 is 2.81 bits per heavy atom. The highest BCUT2D eigenvalue weighted by atomic mass is 32.1. The van der Waals surface area contributed by atoms with Crippen molar-refractivity contribution in [2.45, 2.75) is 39.2 Å². The van der Waals surface area contributed by atoms with Gasteiger partial charge in [0.05, 0.1) is 5.69 Å². The number of hydrogen-bond acceptors (Lipinski definition) is 4. The largest absolute Gasteiger partial charge is 0.349 e. The van der Waals surface area contributed by atoms with E-state index in [0.717, 1.165) is 19.5 Å². The normalized spacial score (nSPS) is 19.6. The monoisotopic (exact) mass is 239 g/mol. The van der Waals surface area contributed by atoms with E-state index in [1.165, 1.54) is 28.5 Å². The first kappa shape index (κ1) is 11.9. The van der Waals surface area contributed by atoms with Crippen molar-refractivity contribution in [3.63, 3.8) is 0 Å². The molecule has 0 amide bonds. The topological polar surface area (TPSA) is 28.2 Å². The predicted molar refractivity (Wildman–Crippen MR) is 70.4 cm³/mol. The predicted octanol–water partition coefficient (Wildman–Crippen LogP) is 2.59. The second-order valence-corrected chi connectivity index (χ2v) is 5.22. The molecule has 0 aromatic carbocycles. The van der Waals surface area contributed by atoms with Crippen molar-refractivity contribution < 1.29 is 0 Å². The number of thiazole rings is 1. The zero-order valence-electron chi connectivity index (χ0n) is 10.4. The fraction of sp³-hybridized carbons (Fsp3) is 0.750. The Balaban J connectivity index is 2.27. The molecule has 0 spiro atoms. The second kappa shape index (κ2) is 5.15. The van der Waals surface area contributed by atoms with E-state index in [1.807, 2.05) is 11.3 Å². The summed E-state index contributed by atoms with van der Waals surface area (Å²) in [5, 5.41) is 4.61. The molecule has 1 atom stereocenters. The summed E-state index contributed by atoms with van der Waals surface area (Å²) in [5.74, 6) is 0. The average molecular weight is 239 g/mol. The van der Waals surface area contributed by atoms with Crippen LogP contribution in [0.3, 0.4) is 0 Å². The van der Waals surface area contributed by atoms with E-state index in [9.17, 15) is 0 Å². The Bertz CT molecular complexity index is 344. The third kappa shape index (κ3) is 2.09. The van der Waals surface area contributed by atoms with Crippen molar-refractivity contribution in [2.24, 2.45) is 0 Å². The Morgan fingerprint density at radius 1 is 1.44 bits per heavy atom. The molecule has 16 heavy (non-hydrogen) atoms. The number of aryl methyl sites for hydroxylation is 1. The zero-order chi connectivity index (χ0) is 11.5.